The fourth-order valence-electron chi connectivity index (χ4n) is 11.3. The number of ether oxygens (including phenoxy) is 6. The molecule has 9 aromatic carbocycles. The summed E-state index contributed by atoms with van der Waals surface area (Å²) in [6.45, 7) is -0.504. The molecule has 0 amide bonds. The summed E-state index contributed by atoms with van der Waals surface area (Å²) in [6, 6.07) is 85.3. The molecule has 1 fully saturated rings. The van der Waals surface area contributed by atoms with Gasteiger partial charge in [-0.25, -0.2) is 4.79 Å². The zero-order valence-corrected chi connectivity index (χ0v) is 44.6. The SMILES string of the molecule is COc1ccc(C(Nc2ccn([C@@H]3O[C@H](CO)[C@@H](OC(c4ccccc4)(c4ccccc4)c4ccc(OC)cc4)[C@@H]3OC(c3ccccc3)(c3ccccc3)c3ccc(OC)cc3)c(=O)n2)(c2ccccc2)c2ccccc2)cc1. The van der Waals surface area contributed by atoms with Crippen LogP contribution in [0.15, 0.2) is 272 Å². The fourth-order valence-corrected chi connectivity index (χ4v) is 11.3. The van der Waals surface area contributed by atoms with Crippen LogP contribution in [0, 0.1) is 0 Å². The minimum Gasteiger partial charge on any atom is -0.497 e. The summed E-state index contributed by atoms with van der Waals surface area (Å²) >= 11 is 0. The van der Waals surface area contributed by atoms with Gasteiger partial charge in [0.2, 0.25) is 0 Å². The van der Waals surface area contributed by atoms with Crippen LogP contribution in [0.1, 0.15) is 56.3 Å². The third-order valence-electron chi connectivity index (χ3n) is 15.2. The molecule has 1 aliphatic rings. The van der Waals surface area contributed by atoms with Crippen molar-refractivity contribution in [1.82, 2.24) is 9.55 Å². The standard InChI is InChI=1S/C69H61N3O8/c1-75-58-40-34-51(35-41-58)67(49-22-10-4-11-23-49,50-24-12-5-13-25-50)71-62-46-47-72(66(74)70-62)65-64(80-69(54-30-18-8-19-31-54,55-32-20-9-21-33-55)57-38-44-60(77-3)45-39-57)63(61(48-73)78-65)79-68(52-26-14-6-15-27-52,53-28-16-7-17-29-53)56-36-42-59(76-2)43-37-56/h4-47,61,63-65,73H,48H2,1-3H3,(H,70,71,74)/t61-,63-,64+,65-/m1/s1. The molecule has 0 bridgehead atoms. The molecule has 1 aliphatic heterocycles. The van der Waals surface area contributed by atoms with E-state index in [1.165, 1.54) is 4.57 Å². The van der Waals surface area contributed by atoms with E-state index in [0.29, 0.717) is 23.1 Å². The summed E-state index contributed by atoms with van der Waals surface area (Å²) in [4.78, 5) is 20.3. The highest BCUT2D eigenvalue weighted by Gasteiger charge is 2.56. The first-order valence-corrected chi connectivity index (χ1v) is 26.6. The third-order valence-corrected chi connectivity index (χ3v) is 15.2. The topological polar surface area (TPSA) is 123 Å². The maximum Gasteiger partial charge on any atom is 0.351 e. The Morgan fingerprint density at radius 1 is 0.438 bits per heavy atom. The van der Waals surface area contributed by atoms with Gasteiger partial charge >= 0.3 is 5.69 Å². The lowest BCUT2D eigenvalue weighted by atomic mass is 9.77. The first-order chi connectivity index (χ1) is 39.3. The lowest BCUT2D eigenvalue weighted by Crippen LogP contribution is -2.49. The molecule has 2 N–H and O–H groups in total. The number of rotatable bonds is 20. The van der Waals surface area contributed by atoms with Crippen molar-refractivity contribution in [3.63, 3.8) is 0 Å². The van der Waals surface area contributed by atoms with E-state index in [1.54, 1.807) is 33.6 Å². The molecule has 0 saturated carbocycles. The first-order valence-electron chi connectivity index (χ1n) is 26.6. The van der Waals surface area contributed by atoms with Crippen LogP contribution >= 0.6 is 0 Å². The highest BCUT2D eigenvalue weighted by molar-refractivity contribution is 5.59. The summed E-state index contributed by atoms with van der Waals surface area (Å²) in [6.07, 6.45) is -2.92. The summed E-state index contributed by atoms with van der Waals surface area (Å²) in [5, 5.41) is 15.6. The second kappa shape index (κ2) is 23.5. The quantitative estimate of drug-likeness (QED) is 0.0714. The largest absolute Gasteiger partial charge is 0.497 e. The fraction of sp³-hybridized carbons (Fsp3) is 0.159. The molecule has 80 heavy (non-hydrogen) atoms. The second-order valence-corrected chi connectivity index (χ2v) is 19.5. The summed E-state index contributed by atoms with van der Waals surface area (Å²) < 4.78 is 41.6. The highest BCUT2D eigenvalue weighted by atomic mass is 16.6. The average Bonchev–Trinajstić information content (AvgIpc) is 4.05. The van der Waals surface area contributed by atoms with Gasteiger partial charge in [-0.2, -0.15) is 4.98 Å². The predicted molar refractivity (Wildman–Crippen MR) is 310 cm³/mol. The number of anilines is 1. The van der Waals surface area contributed by atoms with Crippen LogP contribution in [-0.2, 0) is 31.0 Å². The van der Waals surface area contributed by atoms with E-state index >= 15 is 4.79 Å². The Morgan fingerprint density at radius 2 is 0.750 bits per heavy atom. The Hall–Kier alpha value is -9.10. The van der Waals surface area contributed by atoms with Crippen LogP contribution in [0.5, 0.6) is 17.2 Å². The molecule has 0 radical (unpaired) electrons. The molecule has 10 aromatic rings. The van der Waals surface area contributed by atoms with E-state index in [0.717, 1.165) is 50.1 Å². The van der Waals surface area contributed by atoms with Crippen molar-refractivity contribution in [2.24, 2.45) is 0 Å². The van der Waals surface area contributed by atoms with Gasteiger partial charge < -0.3 is 38.8 Å². The number of aromatic nitrogens is 2. The van der Waals surface area contributed by atoms with Crippen LogP contribution in [0.25, 0.3) is 0 Å². The van der Waals surface area contributed by atoms with Gasteiger partial charge in [-0.3, -0.25) is 4.57 Å². The van der Waals surface area contributed by atoms with E-state index in [9.17, 15) is 5.11 Å². The lowest BCUT2D eigenvalue weighted by Gasteiger charge is -2.43. The second-order valence-electron chi connectivity index (χ2n) is 19.5. The molecule has 11 heteroatoms. The van der Waals surface area contributed by atoms with Crippen LogP contribution < -0.4 is 25.2 Å². The van der Waals surface area contributed by atoms with Crippen molar-refractivity contribution in [2.45, 2.75) is 41.3 Å². The van der Waals surface area contributed by atoms with Crippen LogP contribution in [0.4, 0.5) is 5.82 Å². The number of benzene rings is 9. The molecular formula is C69H61N3O8. The van der Waals surface area contributed by atoms with Crippen LogP contribution in [-0.4, -0.2) is 60.9 Å². The maximum absolute atomic E-state index is 15.4. The van der Waals surface area contributed by atoms with E-state index in [4.69, 9.17) is 33.4 Å². The van der Waals surface area contributed by atoms with Crippen molar-refractivity contribution < 1.29 is 33.5 Å². The molecule has 1 saturated heterocycles. The Labute approximate surface area is 466 Å². The number of hydrogen-bond acceptors (Lipinski definition) is 10. The van der Waals surface area contributed by atoms with Gasteiger partial charge in [0.05, 0.1) is 27.9 Å². The molecule has 11 nitrogen and oxygen atoms in total. The summed E-state index contributed by atoms with van der Waals surface area (Å²) in [7, 11) is 4.91. The van der Waals surface area contributed by atoms with Gasteiger partial charge in [-0.1, -0.05) is 218 Å². The van der Waals surface area contributed by atoms with Crippen molar-refractivity contribution >= 4 is 5.82 Å². The summed E-state index contributed by atoms with van der Waals surface area (Å²) in [5.74, 6) is 2.32. The Balaban J connectivity index is 1.13. The van der Waals surface area contributed by atoms with E-state index in [1.807, 2.05) is 231 Å². The van der Waals surface area contributed by atoms with Gasteiger partial charge in [0.15, 0.2) is 6.23 Å². The molecular weight excluding hydrogens is 999 g/mol. The molecule has 11 rings (SSSR count). The zero-order chi connectivity index (χ0) is 54.9. The van der Waals surface area contributed by atoms with Crippen LogP contribution in [0.2, 0.25) is 0 Å². The van der Waals surface area contributed by atoms with E-state index < -0.39 is 53.6 Å². The van der Waals surface area contributed by atoms with E-state index in [2.05, 4.69) is 29.6 Å². The number of nitrogens with zero attached hydrogens (tertiary/aromatic N) is 2. The van der Waals surface area contributed by atoms with E-state index in [-0.39, 0.29) is 0 Å². The molecule has 2 heterocycles. The maximum atomic E-state index is 15.4. The Morgan fingerprint density at radius 3 is 1.09 bits per heavy atom. The third kappa shape index (κ3) is 9.93. The minimum absolute atomic E-state index is 0.296. The number of hydrogen-bond donors (Lipinski definition) is 2. The van der Waals surface area contributed by atoms with Crippen LogP contribution in [0.3, 0.4) is 0 Å². The number of aliphatic hydroxyl groups is 1. The summed E-state index contributed by atoms with van der Waals surface area (Å²) in [5.41, 5.74) is 2.96. The number of methoxy groups -OCH3 is 3. The number of nitrogens with one attached hydrogen (secondary N) is 1. The normalized spacial score (nSPS) is 16.4. The predicted octanol–water partition coefficient (Wildman–Crippen LogP) is 12.3. The van der Waals surface area contributed by atoms with Gasteiger partial charge in [-0.15, -0.1) is 0 Å². The Bertz CT molecular complexity index is 3510. The monoisotopic (exact) mass is 1060 g/mol. The molecule has 400 valence electrons. The van der Waals surface area contributed by atoms with Gasteiger partial charge in [0, 0.05) is 6.20 Å². The van der Waals surface area contributed by atoms with Gasteiger partial charge in [-0.05, 0) is 92.5 Å². The van der Waals surface area contributed by atoms with Crippen molar-refractivity contribution in [3.05, 3.63) is 328 Å². The Kier molecular flexibility index (Phi) is 15.5. The van der Waals surface area contributed by atoms with Gasteiger partial charge in [0.1, 0.15) is 58.1 Å². The van der Waals surface area contributed by atoms with Gasteiger partial charge in [0.25, 0.3) is 0 Å². The van der Waals surface area contributed by atoms with Crippen molar-refractivity contribution in [2.75, 3.05) is 33.3 Å². The zero-order valence-electron chi connectivity index (χ0n) is 44.6. The van der Waals surface area contributed by atoms with Crippen molar-refractivity contribution in [1.29, 1.82) is 0 Å². The molecule has 1 aromatic heterocycles. The highest BCUT2D eigenvalue weighted by Crippen LogP contribution is 2.50. The smallest absolute Gasteiger partial charge is 0.351 e. The molecule has 0 aliphatic carbocycles. The molecule has 0 spiro atoms. The minimum atomic E-state index is -1.41. The number of aliphatic hydroxyl groups excluding tert-OH is 1. The first kappa shape index (κ1) is 52.9. The molecule has 0 unspecified atom stereocenters. The lowest BCUT2D eigenvalue weighted by molar-refractivity contribution is -0.156. The van der Waals surface area contributed by atoms with Crippen molar-refractivity contribution in [3.8, 4) is 17.2 Å². The average molecular weight is 1060 g/mol. The molecule has 4 atom stereocenters.